The van der Waals surface area contributed by atoms with Gasteiger partial charge in [-0.05, 0) is 43.5 Å². The molecule has 1 amide bonds. The summed E-state index contributed by atoms with van der Waals surface area (Å²) in [5.41, 5.74) is 2.73. The number of nitro benzene ring substituents is 1. The number of nitrogens with zero attached hydrogens (tertiary/aromatic N) is 2. The van der Waals surface area contributed by atoms with Crippen molar-refractivity contribution in [1.29, 1.82) is 0 Å². The van der Waals surface area contributed by atoms with Crippen LogP contribution in [0, 0.1) is 30.9 Å². The Bertz CT molecular complexity index is 1000. The molecule has 8 nitrogen and oxygen atoms in total. The quantitative estimate of drug-likeness (QED) is 0.601. The summed E-state index contributed by atoms with van der Waals surface area (Å²) in [4.78, 5) is 22.9. The number of aryl methyl sites for hydroxylation is 3. The van der Waals surface area contributed by atoms with E-state index in [9.17, 15) is 23.3 Å². The van der Waals surface area contributed by atoms with Gasteiger partial charge in [0, 0.05) is 17.8 Å². The highest BCUT2D eigenvalue weighted by Gasteiger charge is 2.24. The molecule has 27 heavy (non-hydrogen) atoms. The van der Waals surface area contributed by atoms with E-state index >= 15 is 0 Å². The van der Waals surface area contributed by atoms with E-state index in [-0.39, 0.29) is 11.4 Å². The third-order valence-electron chi connectivity index (χ3n) is 4.03. The van der Waals surface area contributed by atoms with Crippen molar-refractivity contribution in [2.24, 2.45) is 0 Å². The minimum absolute atomic E-state index is 0.0998. The smallest absolute Gasteiger partial charge is 0.271 e. The number of carbonyl (C=O) groups is 1. The lowest BCUT2D eigenvalue weighted by atomic mass is 10.1. The van der Waals surface area contributed by atoms with Crippen LogP contribution in [0.25, 0.3) is 0 Å². The van der Waals surface area contributed by atoms with Crippen LogP contribution in [0.1, 0.15) is 16.7 Å². The van der Waals surface area contributed by atoms with Crippen LogP contribution in [0.15, 0.2) is 36.4 Å². The van der Waals surface area contributed by atoms with Gasteiger partial charge in [-0.3, -0.25) is 19.2 Å². The van der Waals surface area contributed by atoms with Crippen molar-refractivity contribution < 1.29 is 18.1 Å². The molecule has 0 atom stereocenters. The lowest BCUT2D eigenvalue weighted by Crippen LogP contribution is -2.38. The number of amides is 1. The monoisotopic (exact) mass is 391 g/mol. The Morgan fingerprint density at radius 2 is 1.74 bits per heavy atom. The molecule has 0 saturated carbocycles. The fourth-order valence-electron chi connectivity index (χ4n) is 2.55. The van der Waals surface area contributed by atoms with Gasteiger partial charge in [0.05, 0.1) is 16.9 Å². The van der Waals surface area contributed by atoms with Crippen LogP contribution in [0.2, 0.25) is 0 Å². The molecule has 0 aromatic heterocycles. The van der Waals surface area contributed by atoms with Crippen LogP contribution in [0.3, 0.4) is 0 Å². The first kappa shape index (κ1) is 20.4. The van der Waals surface area contributed by atoms with E-state index in [4.69, 9.17) is 0 Å². The summed E-state index contributed by atoms with van der Waals surface area (Å²) in [6.45, 7) is 4.84. The predicted octanol–water partition coefficient (Wildman–Crippen LogP) is 2.92. The molecule has 2 rings (SSSR count). The summed E-state index contributed by atoms with van der Waals surface area (Å²) in [5, 5.41) is 13.7. The molecule has 0 radical (unpaired) electrons. The number of nitro groups is 1. The van der Waals surface area contributed by atoms with Gasteiger partial charge in [-0.2, -0.15) is 0 Å². The normalized spacial score (nSPS) is 11.1. The number of sulfonamides is 1. The molecule has 9 heteroatoms. The molecule has 0 bridgehead atoms. The van der Waals surface area contributed by atoms with Gasteiger partial charge >= 0.3 is 0 Å². The van der Waals surface area contributed by atoms with Crippen molar-refractivity contribution >= 4 is 33.0 Å². The van der Waals surface area contributed by atoms with E-state index in [1.807, 2.05) is 26.0 Å². The Labute approximate surface area is 158 Å². The van der Waals surface area contributed by atoms with Gasteiger partial charge in [0.1, 0.15) is 6.54 Å². The van der Waals surface area contributed by atoms with Gasteiger partial charge < -0.3 is 5.32 Å². The predicted molar refractivity (Wildman–Crippen MR) is 105 cm³/mol. The zero-order chi connectivity index (χ0) is 20.4. The topological polar surface area (TPSA) is 110 Å². The van der Waals surface area contributed by atoms with Crippen molar-refractivity contribution in [3.8, 4) is 0 Å². The molecular formula is C18H21N3O5S. The minimum Gasteiger partial charge on any atom is -0.324 e. The first-order valence-corrected chi connectivity index (χ1v) is 9.93. The molecule has 0 aliphatic rings. The summed E-state index contributed by atoms with van der Waals surface area (Å²) >= 11 is 0. The summed E-state index contributed by atoms with van der Waals surface area (Å²) in [7, 11) is -3.84. The molecule has 0 unspecified atom stereocenters. The highest BCUT2D eigenvalue weighted by Crippen LogP contribution is 2.27. The average molecular weight is 391 g/mol. The molecule has 2 aromatic rings. The van der Waals surface area contributed by atoms with E-state index in [0.29, 0.717) is 11.3 Å². The fourth-order valence-corrected chi connectivity index (χ4v) is 3.46. The SMILES string of the molecule is Cc1ccc(C)c(NC(=O)CN(c2cc([N+](=O)[O-])ccc2C)S(C)(=O)=O)c1. The van der Waals surface area contributed by atoms with Gasteiger partial charge in [-0.1, -0.05) is 18.2 Å². The standard InChI is InChI=1S/C18H21N3O5S/c1-12-5-6-13(2)16(9-12)19-18(22)11-20(27(4,25)26)17-10-15(21(23)24)8-7-14(17)3/h5-10H,11H2,1-4H3,(H,19,22). The summed E-state index contributed by atoms with van der Waals surface area (Å²) in [5.74, 6) is -0.542. The Morgan fingerprint density at radius 3 is 2.33 bits per heavy atom. The van der Waals surface area contributed by atoms with E-state index in [0.717, 1.165) is 27.8 Å². The third kappa shape index (κ3) is 5.04. The van der Waals surface area contributed by atoms with Gasteiger partial charge in [0.15, 0.2) is 0 Å². The maximum absolute atomic E-state index is 12.5. The maximum Gasteiger partial charge on any atom is 0.271 e. The lowest BCUT2D eigenvalue weighted by Gasteiger charge is -2.23. The number of nitrogens with one attached hydrogen (secondary N) is 1. The van der Waals surface area contributed by atoms with E-state index in [1.165, 1.54) is 12.1 Å². The van der Waals surface area contributed by atoms with Crippen molar-refractivity contribution in [3.63, 3.8) is 0 Å². The summed E-state index contributed by atoms with van der Waals surface area (Å²) < 4.78 is 25.4. The summed E-state index contributed by atoms with van der Waals surface area (Å²) in [6.07, 6.45) is 0.955. The molecule has 0 heterocycles. The molecule has 0 spiro atoms. The maximum atomic E-state index is 12.5. The molecule has 144 valence electrons. The third-order valence-corrected chi connectivity index (χ3v) is 5.15. The highest BCUT2D eigenvalue weighted by atomic mass is 32.2. The van der Waals surface area contributed by atoms with Crippen LogP contribution >= 0.6 is 0 Å². The molecule has 0 saturated heterocycles. The Balaban J connectivity index is 2.36. The second-order valence-corrected chi connectivity index (χ2v) is 8.27. The zero-order valence-electron chi connectivity index (χ0n) is 15.5. The number of hydrogen-bond acceptors (Lipinski definition) is 5. The molecular weight excluding hydrogens is 370 g/mol. The molecule has 2 aromatic carbocycles. The van der Waals surface area contributed by atoms with Crippen LogP contribution in [-0.4, -0.2) is 32.0 Å². The first-order valence-electron chi connectivity index (χ1n) is 8.09. The van der Waals surface area contributed by atoms with Crippen LogP contribution in [-0.2, 0) is 14.8 Å². The van der Waals surface area contributed by atoms with Gasteiger partial charge in [0.2, 0.25) is 15.9 Å². The van der Waals surface area contributed by atoms with Crippen molar-refractivity contribution in [2.75, 3.05) is 22.4 Å². The Kier molecular flexibility index (Phi) is 5.85. The van der Waals surface area contributed by atoms with Crippen LogP contribution in [0.4, 0.5) is 17.1 Å². The number of non-ortho nitro benzene ring substituents is 1. The molecule has 1 N–H and O–H groups in total. The van der Waals surface area contributed by atoms with Crippen molar-refractivity contribution in [3.05, 3.63) is 63.2 Å². The second-order valence-electron chi connectivity index (χ2n) is 6.36. The second kappa shape index (κ2) is 7.75. The van der Waals surface area contributed by atoms with Gasteiger partial charge in [-0.15, -0.1) is 0 Å². The van der Waals surface area contributed by atoms with E-state index in [2.05, 4.69) is 5.32 Å². The highest BCUT2D eigenvalue weighted by molar-refractivity contribution is 7.92. The van der Waals surface area contributed by atoms with E-state index in [1.54, 1.807) is 13.0 Å². The number of anilines is 2. The van der Waals surface area contributed by atoms with E-state index < -0.39 is 27.4 Å². The number of hydrogen-bond donors (Lipinski definition) is 1. The zero-order valence-corrected chi connectivity index (χ0v) is 16.3. The fraction of sp³-hybridized carbons (Fsp3) is 0.278. The number of benzene rings is 2. The molecule has 0 aliphatic carbocycles. The number of carbonyl (C=O) groups excluding carboxylic acids is 1. The van der Waals surface area contributed by atoms with Gasteiger partial charge in [-0.25, -0.2) is 8.42 Å². The lowest BCUT2D eigenvalue weighted by molar-refractivity contribution is -0.384. The van der Waals surface area contributed by atoms with Crippen molar-refractivity contribution in [1.82, 2.24) is 0 Å². The summed E-state index contributed by atoms with van der Waals surface area (Å²) in [6, 6.07) is 9.44. The Morgan fingerprint density at radius 1 is 1.11 bits per heavy atom. The molecule has 0 fully saturated rings. The van der Waals surface area contributed by atoms with Crippen LogP contribution < -0.4 is 9.62 Å². The van der Waals surface area contributed by atoms with Crippen molar-refractivity contribution in [2.45, 2.75) is 20.8 Å². The van der Waals surface area contributed by atoms with Gasteiger partial charge in [0.25, 0.3) is 5.69 Å². The first-order chi connectivity index (χ1) is 12.5. The minimum atomic E-state index is -3.84. The number of rotatable bonds is 6. The van der Waals surface area contributed by atoms with Crippen LogP contribution in [0.5, 0.6) is 0 Å². The molecule has 0 aliphatic heterocycles. The average Bonchev–Trinajstić information content (AvgIpc) is 2.55. The Hall–Kier alpha value is -2.94. The largest absolute Gasteiger partial charge is 0.324 e.